The monoisotopic (exact) mass is 887 g/mol. The Balaban J connectivity index is 1.37. The number of hydrogen-bond acceptors (Lipinski definition) is 3. The minimum atomic E-state index is -0.0491. The number of hydrogen-bond donors (Lipinski definition) is 0. The van der Waals surface area contributed by atoms with E-state index in [0.717, 1.165) is 0 Å². The fourth-order valence-electron chi connectivity index (χ4n) is 11.3. The summed E-state index contributed by atoms with van der Waals surface area (Å²) in [7, 11) is 0. The number of thiophene rings is 1. The Kier molecular flexibility index (Phi) is 9.98. The third kappa shape index (κ3) is 7.19. The first-order valence-electron chi connectivity index (χ1n) is 24.6. The Labute approximate surface area is 401 Å². The van der Waals surface area contributed by atoms with Crippen LogP contribution in [-0.2, 0) is 32.5 Å². The molecule has 1 aromatic heterocycles. The highest BCUT2D eigenvalue weighted by Gasteiger charge is 2.47. The molecule has 6 aromatic carbocycles. The van der Waals surface area contributed by atoms with Gasteiger partial charge in [0.1, 0.15) is 0 Å². The van der Waals surface area contributed by atoms with Crippen molar-refractivity contribution in [2.75, 3.05) is 9.80 Å². The summed E-state index contributed by atoms with van der Waals surface area (Å²) < 4.78 is 1.39. The Hall–Kier alpha value is -5.06. The Morgan fingerprint density at radius 1 is 0.485 bits per heavy atom. The van der Waals surface area contributed by atoms with E-state index in [1.54, 1.807) is 0 Å². The van der Waals surface area contributed by atoms with Crippen molar-refractivity contribution in [2.24, 2.45) is 0 Å². The molecule has 0 saturated carbocycles. The summed E-state index contributed by atoms with van der Waals surface area (Å²) in [5.41, 5.74) is 21.6. The molecule has 0 unspecified atom stereocenters. The first-order chi connectivity index (χ1) is 30.7. The Morgan fingerprint density at radius 2 is 0.985 bits per heavy atom. The van der Waals surface area contributed by atoms with Gasteiger partial charge in [-0.2, -0.15) is 0 Å². The van der Waals surface area contributed by atoms with Gasteiger partial charge in [0, 0.05) is 33.1 Å². The topological polar surface area (TPSA) is 6.48 Å². The van der Waals surface area contributed by atoms with Crippen LogP contribution in [0.15, 0.2) is 115 Å². The van der Waals surface area contributed by atoms with Gasteiger partial charge in [0.15, 0.2) is 0 Å². The molecule has 66 heavy (non-hydrogen) atoms. The van der Waals surface area contributed by atoms with Crippen LogP contribution in [0.25, 0.3) is 21.2 Å². The van der Waals surface area contributed by atoms with E-state index in [2.05, 4.69) is 236 Å². The maximum Gasteiger partial charge on any atom is 0.254 e. The summed E-state index contributed by atoms with van der Waals surface area (Å²) in [6.45, 7) is 38.0. The maximum absolute atomic E-state index is 2.67. The summed E-state index contributed by atoms with van der Waals surface area (Å²) >= 11 is 2.01. The predicted octanol–water partition coefficient (Wildman–Crippen LogP) is 16.2. The number of anilines is 6. The molecule has 0 N–H and O–H groups in total. The summed E-state index contributed by atoms with van der Waals surface area (Å²) in [5.74, 6) is 0. The summed E-state index contributed by atoms with van der Waals surface area (Å²) in [4.78, 5) is 5.28. The number of nitrogens with zero attached hydrogens (tertiary/aromatic N) is 2. The molecule has 0 saturated heterocycles. The first kappa shape index (κ1) is 44.8. The lowest BCUT2D eigenvalue weighted by atomic mass is 9.33. The van der Waals surface area contributed by atoms with Gasteiger partial charge in [0.2, 0.25) is 0 Å². The summed E-state index contributed by atoms with van der Waals surface area (Å²) in [6, 6.07) is 45.9. The third-order valence-corrected chi connectivity index (χ3v) is 16.7. The molecule has 4 heteroatoms. The van der Waals surface area contributed by atoms with Crippen molar-refractivity contribution in [1.82, 2.24) is 0 Å². The number of fused-ring (bicyclic) bond motifs is 7. The third-order valence-electron chi connectivity index (χ3n) is 15.6. The molecule has 338 valence electrons. The largest absolute Gasteiger partial charge is 0.311 e. The molecular weight excluding hydrogens is 816 g/mol. The van der Waals surface area contributed by atoms with Crippen LogP contribution in [0.4, 0.5) is 33.4 Å². The highest BCUT2D eigenvalue weighted by molar-refractivity contribution is 7.26. The van der Waals surface area contributed by atoms with Gasteiger partial charge >= 0.3 is 0 Å². The molecule has 2 aliphatic heterocycles. The fraction of sp³-hybridized carbons (Fsp3) is 0.387. The van der Waals surface area contributed by atoms with E-state index >= 15 is 0 Å². The molecular formula is C62H71BN2S. The first-order valence-corrected chi connectivity index (χ1v) is 25.4. The van der Waals surface area contributed by atoms with Crippen molar-refractivity contribution in [3.8, 4) is 11.1 Å². The van der Waals surface area contributed by atoms with Crippen molar-refractivity contribution in [3.05, 3.63) is 149 Å². The molecule has 3 aliphatic rings. The molecule has 0 radical (unpaired) electrons. The van der Waals surface area contributed by atoms with E-state index in [1.165, 1.54) is 117 Å². The second-order valence-corrected chi connectivity index (χ2v) is 26.5. The minimum absolute atomic E-state index is 0.0240. The van der Waals surface area contributed by atoms with Crippen LogP contribution in [0.2, 0.25) is 0 Å². The molecule has 0 amide bonds. The van der Waals surface area contributed by atoms with Crippen molar-refractivity contribution >= 4 is 78.0 Å². The van der Waals surface area contributed by atoms with Crippen LogP contribution >= 0.6 is 11.3 Å². The second kappa shape index (κ2) is 14.7. The van der Waals surface area contributed by atoms with Crippen molar-refractivity contribution in [1.29, 1.82) is 0 Å². The second-order valence-electron chi connectivity index (χ2n) is 25.4. The van der Waals surface area contributed by atoms with Gasteiger partial charge in [0.05, 0.1) is 5.00 Å². The number of rotatable bonds is 3. The van der Waals surface area contributed by atoms with Crippen LogP contribution < -0.4 is 26.2 Å². The van der Waals surface area contributed by atoms with Crippen molar-refractivity contribution in [2.45, 2.75) is 156 Å². The van der Waals surface area contributed by atoms with Crippen LogP contribution in [0.3, 0.4) is 0 Å². The molecule has 0 fully saturated rings. The smallest absolute Gasteiger partial charge is 0.254 e. The van der Waals surface area contributed by atoms with Crippen LogP contribution in [-0.4, -0.2) is 6.71 Å². The zero-order valence-corrected chi connectivity index (χ0v) is 43.6. The average Bonchev–Trinajstić information content (AvgIpc) is 3.61. The number of benzene rings is 6. The zero-order valence-electron chi connectivity index (χ0n) is 42.8. The van der Waals surface area contributed by atoms with Gasteiger partial charge in [0.25, 0.3) is 6.71 Å². The van der Waals surface area contributed by atoms with Gasteiger partial charge in [-0.05, 0) is 166 Å². The molecule has 0 bridgehead atoms. The molecule has 10 rings (SSSR count). The molecule has 0 spiro atoms. The van der Waals surface area contributed by atoms with Crippen molar-refractivity contribution < 1.29 is 0 Å². The molecule has 1 aliphatic carbocycles. The summed E-state index contributed by atoms with van der Waals surface area (Å²) in [5, 5.41) is 2.75. The van der Waals surface area contributed by atoms with Gasteiger partial charge in [-0.25, -0.2) is 0 Å². The molecule has 0 atom stereocenters. The SMILES string of the molecule is CC(C)(C)c1ccc(N2c3ccc(C(C)(C)C)cc3B3c4c2cc(-c2ccccc2C(C)(C)C)cc4N(c2ccc(C(C)(C)C)cc2)c2sc4cc5c(cc4c23)C(C)(C)CCC5(C)C)cc1. The minimum Gasteiger partial charge on any atom is -0.311 e. The van der Waals surface area contributed by atoms with Gasteiger partial charge in [-0.3, -0.25) is 0 Å². The van der Waals surface area contributed by atoms with E-state index in [9.17, 15) is 0 Å². The van der Waals surface area contributed by atoms with Crippen LogP contribution in [0.1, 0.15) is 157 Å². The summed E-state index contributed by atoms with van der Waals surface area (Å²) in [6.07, 6.45) is 2.38. The standard InChI is InChI=1S/C62H71BN2S/c1-57(2,3)39-21-26-42(27-22-39)64-50-30-25-41(59(7,8)9)35-49(50)63-54-45-36-47-48(62(15,16)32-31-61(47,13)14)37-53(45)66-56(54)65(43-28-23-40(24-29-43)58(4,5)6)52-34-38(33-51(64)55(52)63)44-19-17-18-20-46(44)60(10,11)12/h17-30,33-37H,31-32H2,1-16H3. The Morgan fingerprint density at radius 3 is 1.53 bits per heavy atom. The highest BCUT2D eigenvalue weighted by atomic mass is 32.1. The van der Waals surface area contributed by atoms with Gasteiger partial charge < -0.3 is 9.80 Å². The highest BCUT2D eigenvalue weighted by Crippen LogP contribution is 2.53. The average molecular weight is 887 g/mol. The fourth-order valence-corrected chi connectivity index (χ4v) is 12.6. The zero-order chi connectivity index (χ0) is 47.3. The molecule has 3 heterocycles. The maximum atomic E-state index is 2.67. The van der Waals surface area contributed by atoms with Crippen LogP contribution in [0.5, 0.6) is 0 Å². The normalized spacial score (nSPS) is 16.5. The lowest BCUT2D eigenvalue weighted by Crippen LogP contribution is -2.61. The molecule has 7 aromatic rings. The van der Waals surface area contributed by atoms with E-state index < -0.39 is 0 Å². The van der Waals surface area contributed by atoms with E-state index in [0.29, 0.717) is 0 Å². The molecule has 2 nitrogen and oxygen atoms in total. The van der Waals surface area contributed by atoms with Gasteiger partial charge in [-0.1, -0.05) is 171 Å². The van der Waals surface area contributed by atoms with E-state index in [-0.39, 0.29) is 39.2 Å². The van der Waals surface area contributed by atoms with E-state index in [1.807, 2.05) is 11.3 Å². The van der Waals surface area contributed by atoms with E-state index in [4.69, 9.17) is 0 Å². The Bertz CT molecular complexity index is 3060. The lowest BCUT2D eigenvalue weighted by Gasteiger charge is -2.44. The predicted molar refractivity (Wildman–Crippen MR) is 291 cm³/mol. The quantitative estimate of drug-likeness (QED) is 0.163. The van der Waals surface area contributed by atoms with Crippen LogP contribution in [0, 0.1) is 0 Å². The van der Waals surface area contributed by atoms with Crippen molar-refractivity contribution in [3.63, 3.8) is 0 Å². The lowest BCUT2D eigenvalue weighted by molar-refractivity contribution is 0.332. The van der Waals surface area contributed by atoms with Gasteiger partial charge in [-0.15, -0.1) is 11.3 Å².